The molecule has 0 radical (unpaired) electrons. The van der Waals surface area contributed by atoms with E-state index in [1.54, 1.807) is 6.92 Å². The van der Waals surface area contributed by atoms with E-state index < -0.39 is 6.04 Å². The molecule has 0 spiro atoms. The van der Waals surface area contributed by atoms with E-state index in [9.17, 15) is 4.79 Å². The number of para-hydroxylation sites is 1. The zero-order chi connectivity index (χ0) is 19.2. The van der Waals surface area contributed by atoms with Gasteiger partial charge in [-0.2, -0.15) is 0 Å². The van der Waals surface area contributed by atoms with Crippen LogP contribution in [-0.4, -0.2) is 35.7 Å². The number of carbonyl (C=O) groups excluding carboxylic acids is 1. The lowest BCUT2D eigenvalue weighted by molar-refractivity contribution is -0.141. The van der Waals surface area contributed by atoms with Crippen molar-refractivity contribution in [3.8, 4) is 17.1 Å². The fourth-order valence-electron chi connectivity index (χ4n) is 2.68. The number of aromatic nitrogens is 2. The predicted octanol–water partition coefficient (Wildman–Crippen LogP) is 4.06. The number of hydrogen-bond donors (Lipinski definition) is 1. The number of nitrogens with one attached hydrogen (secondary N) is 1. The molecule has 6 heteroatoms. The quantitative estimate of drug-likeness (QED) is 0.637. The van der Waals surface area contributed by atoms with E-state index in [0.717, 1.165) is 28.6 Å². The summed E-state index contributed by atoms with van der Waals surface area (Å²) in [4.78, 5) is 21.1. The van der Waals surface area contributed by atoms with Crippen LogP contribution in [0.5, 0.6) is 5.75 Å². The first-order valence-corrected chi connectivity index (χ1v) is 8.96. The molecule has 0 saturated heterocycles. The molecule has 0 saturated carbocycles. The van der Waals surface area contributed by atoms with Gasteiger partial charge in [0.25, 0.3) is 0 Å². The van der Waals surface area contributed by atoms with Crippen molar-refractivity contribution in [2.75, 3.05) is 19.0 Å². The van der Waals surface area contributed by atoms with Crippen molar-refractivity contribution in [1.29, 1.82) is 0 Å². The van der Waals surface area contributed by atoms with Crippen LogP contribution < -0.4 is 10.1 Å². The molecule has 0 amide bonds. The lowest BCUT2D eigenvalue weighted by Crippen LogP contribution is -2.27. The fourth-order valence-corrected chi connectivity index (χ4v) is 2.68. The van der Waals surface area contributed by atoms with Crippen LogP contribution in [0.4, 0.5) is 5.82 Å². The number of hydrogen-bond acceptors (Lipinski definition) is 6. The molecule has 0 aliphatic carbocycles. The maximum atomic E-state index is 11.8. The van der Waals surface area contributed by atoms with Gasteiger partial charge >= 0.3 is 5.97 Å². The molecule has 0 aliphatic rings. The van der Waals surface area contributed by atoms with E-state index in [0.29, 0.717) is 18.2 Å². The number of ether oxygens (including phenoxy) is 2. The summed E-state index contributed by atoms with van der Waals surface area (Å²) in [6.45, 7) is 4.49. The topological polar surface area (TPSA) is 73.3 Å². The summed E-state index contributed by atoms with van der Waals surface area (Å²) >= 11 is 0. The summed E-state index contributed by atoms with van der Waals surface area (Å²) in [5.41, 5.74) is 1.67. The van der Waals surface area contributed by atoms with Crippen LogP contribution in [0.1, 0.15) is 20.3 Å². The normalized spacial score (nSPS) is 11.8. The largest absolute Gasteiger partial charge is 0.494 e. The molecule has 27 heavy (non-hydrogen) atoms. The maximum absolute atomic E-state index is 11.8. The number of benzene rings is 2. The van der Waals surface area contributed by atoms with E-state index in [2.05, 4.69) is 22.2 Å². The molecule has 3 aromatic rings. The standard InChI is InChI=1S/C21H23N3O3/c1-4-13-27-16-11-9-15(10-12-16)19-23-18-8-6-5-7-17(18)20(24-19)22-14(2)21(25)26-3/h5-12,14H,4,13H2,1-3H3,(H,22,23,24). The van der Waals surface area contributed by atoms with Crippen molar-refractivity contribution in [3.63, 3.8) is 0 Å². The van der Waals surface area contributed by atoms with Crippen molar-refractivity contribution in [1.82, 2.24) is 9.97 Å². The van der Waals surface area contributed by atoms with Crippen LogP contribution in [0.3, 0.4) is 0 Å². The van der Waals surface area contributed by atoms with Crippen molar-refractivity contribution in [2.45, 2.75) is 26.3 Å². The highest BCUT2D eigenvalue weighted by atomic mass is 16.5. The molecular weight excluding hydrogens is 342 g/mol. The predicted molar refractivity (Wildman–Crippen MR) is 106 cm³/mol. The Bertz CT molecular complexity index is 926. The van der Waals surface area contributed by atoms with E-state index in [1.807, 2.05) is 48.5 Å². The molecule has 1 N–H and O–H groups in total. The zero-order valence-electron chi connectivity index (χ0n) is 15.7. The third kappa shape index (κ3) is 4.34. The number of methoxy groups -OCH3 is 1. The number of anilines is 1. The van der Waals surface area contributed by atoms with Crippen LogP contribution in [0.2, 0.25) is 0 Å². The van der Waals surface area contributed by atoms with Crippen LogP contribution in [0, 0.1) is 0 Å². The molecule has 1 atom stereocenters. The van der Waals surface area contributed by atoms with E-state index in [4.69, 9.17) is 9.47 Å². The molecule has 2 aromatic carbocycles. The molecule has 6 nitrogen and oxygen atoms in total. The Morgan fingerprint density at radius 2 is 1.85 bits per heavy atom. The summed E-state index contributed by atoms with van der Waals surface area (Å²) in [6, 6.07) is 14.9. The SMILES string of the molecule is CCCOc1ccc(-c2nc(NC(C)C(=O)OC)c3ccccc3n2)cc1. The molecule has 1 unspecified atom stereocenters. The Morgan fingerprint density at radius 3 is 2.56 bits per heavy atom. The Hall–Kier alpha value is -3.15. The van der Waals surface area contributed by atoms with E-state index in [-0.39, 0.29) is 5.97 Å². The van der Waals surface area contributed by atoms with Crippen LogP contribution >= 0.6 is 0 Å². The number of nitrogens with zero attached hydrogens (tertiary/aromatic N) is 2. The van der Waals surface area contributed by atoms with Gasteiger partial charge < -0.3 is 14.8 Å². The summed E-state index contributed by atoms with van der Waals surface area (Å²) in [5, 5.41) is 3.98. The van der Waals surface area contributed by atoms with Gasteiger partial charge in [-0.05, 0) is 49.7 Å². The minimum Gasteiger partial charge on any atom is -0.494 e. The molecule has 1 heterocycles. The summed E-state index contributed by atoms with van der Waals surface area (Å²) in [7, 11) is 1.37. The number of carbonyl (C=O) groups is 1. The second-order valence-corrected chi connectivity index (χ2v) is 6.17. The van der Waals surface area contributed by atoms with Crippen molar-refractivity contribution in [2.24, 2.45) is 0 Å². The van der Waals surface area contributed by atoms with Crippen LogP contribution in [0.25, 0.3) is 22.3 Å². The molecule has 0 fully saturated rings. The van der Waals surface area contributed by atoms with E-state index in [1.165, 1.54) is 7.11 Å². The van der Waals surface area contributed by atoms with Gasteiger partial charge in [0.05, 0.1) is 19.2 Å². The number of rotatable bonds is 7. The second-order valence-electron chi connectivity index (χ2n) is 6.17. The highest BCUT2D eigenvalue weighted by Crippen LogP contribution is 2.26. The van der Waals surface area contributed by atoms with Crippen LogP contribution in [-0.2, 0) is 9.53 Å². The Morgan fingerprint density at radius 1 is 1.11 bits per heavy atom. The minimum atomic E-state index is -0.522. The lowest BCUT2D eigenvalue weighted by atomic mass is 10.1. The summed E-state index contributed by atoms with van der Waals surface area (Å²) < 4.78 is 10.4. The van der Waals surface area contributed by atoms with Crippen molar-refractivity contribution < 1.29 is 14.3 Å². The molecule has 0 bridgehead atoms. The fraction of sp³-hybridized carbons (Fsp3) is 0.286. The molecule has 1 aromatic heterocycles. The Labute approximate surface area is 158 Å². The average Bonchev–Trinajstić information content (AvgIpc) is 2.71. The van der Waals surface area contributed by atoms with Crippen molar-refractivity contribution >= 4 is 22.7 Å². The zero-order valence-corrected chi connectivity index (χ0v) is 15.7. The first-order valence-electron chi connectivity index (χ1n) is 8.96. The first-order chi connectivity index (χ1) is 13.1. The smallest absolute Gasteiger partial charge is 0.328 e. The van der Waals surface area contributed by atoms with Gasteiger partial charge in [0.15, 0.2) is 5.82 Å². The number of fused-ring (bicyclic) bond motifs is 1. The molecule has 140 valence electrons. The van der Waals surface area contributed by atoms with Crippen LogP contribution in [0.15, 0.2) is 48.5 Å². The van der Waals surface area contributed by atoms with Gasteiger partial charge in [-0.15, -0.1) is 0 Å². The lowest BCUT2D eigenvalue weighted by Gasteiger charge is -2.15. The minimum absolute atomic E-state index is 0.350. The number of esters is 1. The Balaban J connectivity index is 1.97. The van der Waals surface area contributed by atoms with Gasteiger partial charge in [0.1, 0.15) is 17.6 Å². The van der Waals surface area contributed by atoms with Gasteiger partial charge in [-0.3, -0.25) is 0 Å². The third-order valence-corrected chi connectivity index (χ3v) is 4.10. The second kappa shape index (κ2) is 8.49. The maximum Gasteiger partial charge on any atom is 0.328 e. The Kier molecular flexibility index (Phi) is 5.86. The molecule has 0 aliphatic heterocycles. The third-order valence-electron chi connectivity index (χ3n) is 4.10. The molecule has 3 rings (SSSR count). The van der Waals surface area contributed by atoms with E-state index >= 15 is 0 Å². The monoisotopic (exact) mass is 365 g/mol. The van der Waals surface area contributed by atoms with Crippen molar-refractivity contribution in [3.05, 3.63) is 48.5 Å². The molecular formula is C21H23N3O3. The summed E-state index contributed by atoms with van der Waals surface area (Å²) in [6.07, 6.45) is 0.961. The highest BCUT2D eigenvalue weighted by molar-refractivity contribution is 5.92. The summed E-state index contributed by atoms with van der Waals surface area (Å²) in [5.74, 6) is 1.64. The van der Waals surface area contributed by atoms with Gasteiger partial charge in [-0.25, -0.2) is 14.8 Å². The first kappa shape index (κ1) is 18.6. The van der Waals surface area contributed by atoms with Gasteiger partial charge in [-0.1, -0.05) is 19.1 Å². The highest BCUT2D eigenvalue weighted by Gasteiger charge is 2.16. The van der Waals surface area contributed by atoms with Gasteiger partial charge in [0, 0.05) is 10.9 Å². The van der Waals surface area contributed by atoms with Gasteiger partial charge in [0.2, 0.25) is 0 Å². The average molecular weight is 365 g/mol.